The first-order chi connectivity index (χ1) is 10.7. The predicted octanol–water partition coefficient (Wildman–Crippen LogP) is 1.47. The number of rotatable bonds is 4. The van der Waals surface area contributed by atoms with Gasteiger partial charge < -0.3 is 19.1 Å². The Morgan fingerprint density at radius 1 is 1.23 bits per heavy atom. The highest BCUT2D eigenvalue weighted by Gasteiger charge is 2.17. The summed E-state index contributed by atoms with van der Waals surface area (Å²) in [5, 5.41) is 0. The van der Waals surface area contributed by atoms with E-state index in [9.17, 15) is 4.79 Å². The van der Waals surface area contributed by atoms with Gasteiger partial charge in [-0.25, -0.2) is 4.98 Å². The molecule has 2 heterocycles. The third-order valence-corrected chi connectivity index (χ3v) is 3.98. The summed E-state index contributed by atoms with van der Waals surface area (Å²) in [7, 11) is 1.68. The smallest absolute Gasteiger partial charge is 0.209 e. The first kappa shape index (κ1) is 14.4. The fraction of sp³-hybridized carbons (Fsp3) is 0.375. The van der Waals surface area contributed by atoms with Crippen LogP contribution in [0, 0.1) is 6.92 Å². The number of anilines is 1. The lowest BCUT2D eigenvalue weighted by molar-refractivity contribution is -0.118. The summed E-state index contributed by atoms with van der Waals surface area (Å²) < 4.78 is 7.50. The topological polar surface area (TPSA) is 50.6 Å². The molecule has 1 aliphatic heterocycles. The van der Waals surface area contributed by atoms with E-state index in [-0.39, 0.29) is 0 Å². The molecule has 1 saturated heterocycles. The summed E-state index contributed by atoms with van der Waals surface area (Å²) in [4.78, 5) is 19.1. The molecule has 1 aromatic carbocycles. The van der Waals surface area contributed by atoms with Crippen LogP contribution in [0.25, 0.3) is 5.69 Å². The summed E-state index contributed by atoms with van der Waals surface area (Å²) in [5.41, 5.74) is 3.05. The number of hydrogen-bond donors (Lipinski definition) is 0. The SMILES string of the molecule is COc1cc(N2CCN(C=O)CC2)ccc1-n1cnc(C)c1. The maximum atomic E-state index is 10.8. The zero-order chi connectivity index (χ0) is 15.5. The lowest BCUT2D eigenvalue weighted by atomic mass is 10.2. The van der Waals surface area contributed by atoms with E-state index in [4.69, 9.17) is 4.74 Å². The fourth-order valence-electron chi connectivity index (χ4n) is 2.71. The van der Waals surface area contributed by atoms with Crippen LogP contribution in [0.5, 0.6) is 5.75 Å². The normalized spacial score (nSPS) is 15.0. The summed E-state index contributed by atoms with van der Waals surface area (Å²) in [6, 6.07) is 6.17. The van der Waals surface area contributed by atoms with E-state index in [1.165, 1.54) is 0 Å². The van der Waals surface area contributed by atoms with Gasteiger partial charge in [-0.3, -0.25) is 4.79 Å². The Balaban J connectivity index is 1.84. The number of carbonyl (C=O) groups excluding carboxylic acids is 1. The molecular weight excluding hydrogens is 280 g/mol. The molecule has 22 heavy (non-hydrogen) atoms. The molecule has 1 aromatic heterocycles. The maximum Gasteiger partial charge on any atom is 0.209 e. The molecule has 6 heteroatoms. The first-order valence-corrected chi connectivity index (χ1v) is 7.34. The van der Waals surface area contributed by atoms with Crippen molar-refractivity contribution in [3.05, 3.63) is 36.4 Å². The molecule has 2 aromatic rings. The summed E-state index contributed by atoms with van der Waals surface area (Å²) in [6.45, 7) is 5.16. The Morgan fingerprint density at radius 3 is 2.59 bits per heavy atom. The van der Waals surface area contributed by atoms with Crippen molar-refractivity contribution in [3.8, 4) is 11.4 Å². The van der Waals surface area contributed by atoms with Crippen molar-refractivity contribution in [1.82, 2.24) is 14.5 Å². The Bertz CT molecular complexity index is 660. The lowest BCUT2D eigenvalue weighted by Crippen LogP contribution is -2.45. The monoisotopic (exact) mass is 300 g/mol. The van der Waals surface area contributed by atoms with Crippen molar-refractivity contribution in [2.24, 2.45) is 0 Å². The number of benzene rings is 1. The Labute approximate surface area is 129 Å². The first-order valence-electron chi connectivity index (χ1n) is 7.34. The largest absolute Gasteiger partial charge is 0.494 e. The molecule has 1 fully saturated rings. The molecule has 3 rings (SSSR count). The molecular formula is C16H20N4O2. The molecule has 1 amide bonds. The van der Waals surface area contributed by atoms with E-state index in [2.05, 4.69) is 16.0 Å². The lowest BCUT2D eigenvalue weighted by Gasteiger charge is -2.34. The minimum atomic E-state index is 0.758. The number of methoxy groups -OCH3 is 1. The number of amides is 1. The molecule has 116 valence electrons. The molecule has 0 unspecified atom stereocenters. The zero-order valence-electron chi connectivity index (χ0n) is 12.9. The Hall–Kier alpha value is -2.50. The van der Waals surface area contributed by atoms with E-state index < -0.39 is 0 Å². The van der Waals surface area contributed by atoms with Gasteiger partial charge in [-0.15, -0.1) is 0 Å². The minimum absolute atomic E-state index is 0.758. The number of carbonyl (C=O) groups is 1. The van der Waals surface area contributed by atoms with Crippen molar-refractivity contribution >= 4 is 12.1 Å². The number of aromatic nitrogens is 2. The van der Waals surface area contributed by atoms with Gasteiger partial charge in [0.05, 0.1) is 24.8 Å². The van der Waals surface area contributed by atoms with Gasteiger partial charge in [-0.05, 0) is 19.1 Å². The predicted molar refractivity (Wildman–Crippen MR) is 84.7 cm³/mol. The quantitative estimate of drug-likeness (QED) is 0.802. The number of hydrogen-bond acceptors (Lipinski definition) is 4. The van der Waals surface area contributed by atoms with Gasteiger partial charge in [0.1, 0.15) is 5.75 Å². The number of nitrogens with zero attached hydrogens (tertiary/aromatic N) is 4. The maximum absolute atomic E-state index is 10.8. The average Bonchev–Trinajstić information content (AvgIpc) is 3.00. The number of aryl methyl sites for hydroxylation is 1. The molecule has 1 aliphatic rings. The van der Waals surface area contributed by atoms with Crippen LogP contribution in [-0.4, -0.2) is 54.1 Å². The highest BCUT2D eigenvalue weighted by atomic mass is 16.5. The highest BCUT2D eigenvalue weighted by Crippen LogP contribution is 2.29. The highest BCUT2D eigenvalue weighted by molar-refractivity contribution is 5.60. The van der Waals surface area contributed by atoms with Crippen molar-refractivity contribution in [2.75, 3.05) is 38.2 Å². The van der Waals surface area contributed by atoms with Crippen LogP contribution in [0.3, 0.4) is 0 Å². The number of imidazole rings is 1. The van der Waals surface area contributed by atoms with Gasteiger partial charge in [-0.1, -0.05) is 0 Å². The van der Waals surface area contributed by atoms with Crippen LogP contribution in [0.15, 0.2) is 30.7 Å². The second-order valence-corrected chi connectivity index (χ2v) is 5.41. The van der Waals surface area contributed by atoms with Crippen molar-refractivity contribution in [3.63, 3.8) is 0 Å². The zero-order valence-corrected chi connectivity index (χ0v) is 12.9. The van der Waals surface area contributed by atoms with Crippen LogP contribution in [0.1, 0.15) is 5.69 Å². The van der Waals surface area contributed by atoms with Crippen LogP contribution in [0.2, 0.25) is 0 Å². The molecule has 0 N–H and O–H groups in total. The molecule has 0 saturated carbocycles. The van der Waals surface area contributed by atoms with Crippen LogP contribution in [0.4, 0.5) is 5.69 Å². The molecule has 0 atom stereocenters. The minimum Gasteiger partial charge on any atom is -0.494 e. The number of piperazine rings is 1. The number of ether oxygens (including phenoxy) is 1. The molecule has 6 nitrogen and oxygen atoms in total. The molecule has 0 bridgehead atoms. The van der Waals surface area contributed by atoms with E-state index in [0.29, 0.717) is 0 Å². The van der Waals surface area contributed by atoms with Crippen LogP contribution < -0.4 is 9.64 Å². The van der Waals surface area contributed by atoms with Gasteiger partial charge >= 0.3 is 0 Å². The van der Waals surface area contributed by atoms with Crippen LogP contribution >= 0.6 is 0 Å². The van der Waals surface area contributed by atoms with E-state index >= 15 is 0 Å². The van der Waals surface area contributed by atoms with Gasteiger partial charge in [-0.2, -0.15) is 0 Å². The standard InChI is InChI=1S/C16H20N4O2/c1-13-10-20(11-17-13)15-4-3-14(9-16(15)22-2)19-7-5-18(12-21)6-8-19/h3-4,9-12H,5-8H2,1-2H3. The second-order valence-electron chi connectivity index (χ2n) is 5.41. The Kier molecular flexibility index (Phi) is 4.00. The van der Waals surface area contributed by atoms with E-state index in [1.54, 1.807) is 18.3 Å². The molecule has 0 radical (unpaired) electrons. The second kappa shape index (κ2) is 6.09. The average molecular weight is 300 g/mol. The Morgan fingerprint density at radius 2 is 2.00 bits per heavy atom. The van der Waals surface area contributed by atoms with Gasteiger partial charge in [0.25, 0.3) is 0 Å². The fourth-order valence-corrected chi connectivity index (χ4v) is 2.71. The van der Waals surface area contributed by atoms with Gasteiger partial charge in [0, 0.05) is 44.1 Å². The molecule has 0 aliphatic carbocycles. The van der Waals surface area contributed by atoms with E-state index in [0.717, 1.165) is 55.4 Å². The van der Waals surface area contributed by atoms with Crippen molar-refractivity contribution in [2.45, 2.75) is 6.92 Å². The summed E-state index contributed by atoms with van der Waals surface area (Å²) in [5.74, 6) is 0.813. The third kappa shape index (κ3) is 2.77. The molecule has 0 spiro atoms. The summed E-state index contributed by atoms with van der Waals surface area (Å²) >= 11 is 0. The van der Waals surface area contributed by atoms with Crippen LogP contribution in [-0.2, 0) is 4.79 Å². The van der Waals surface area contributed by atoms with Gasteiger partial charge in [0.15, 0.2) is 0 Å². The van der Waals surface area contributed by atoms with Gasteiger partial charge in [0.2, 0.25) is 6.41 Å². The van der Waals surface area contributed by atoms with Crippen molar-refractivity contribution in [1.29, 1.82) is 0 Å². The third-order valence-electron chi connectivity index (χ3n) is 3.98. The summed E-state index contributed by atoms with van der Waals surface area (Å²) in [6.07, 6.45) is 4.68. The van der Waals surface area contributed by atoms with E-state index in [1.807, 2.05) is 29.8 Å². The van der Waals surface area contributed by atoms with Crippen molar-refractivity contribution < 1.29 is 9.53 Å².